The number of nitrogens with zero attached hydrogens (tertiary/aromatic N) is 1. The Bertz CT molecular complexity index is 929. The lowest BCUT2D eigenvalue weighted by Gasteiger charge is -2.12. The molecule has 0 atom stereocenters. The third-order valence-corrected chi connectivity index (χ3v) is 4.10. The van der Waals surface area contributed by atoms with Gasteiger partial charge < -0.3 is 10.1 Å². The lowest BCUT2D eigenvalue weighted by Crippen LogP contribution is -2.12. The van der Waals surface area contributed by atoms with E-state index in [9.17, 15) is 4.79 Å². The quantitative estimate of drug-likeness (QED) is 0.674. The van der Waals surface area contributed by atoms with Crippen LogP contribution in [-0.4, -0.2) is 18.0 Å². The lowest BCUT2D eigenvalue weighted by molar-refractivity contribution is 0.102. The molecule has 0 aliphatic carbocycles. The van der Waals surface area contributed by atoms with Crippen molar-refractivity contribution in [3.8, 4) is 17.0 Å². The highest BCUT2D eigenvalue weighted by Gasteiger charge is 2.14. The van der Waals surface area contributed by atoms with E-state index < -0.39 is 0 Å². The van der Waals surface area contributed by atoms with Crippen LogP contribution in [0.4, 0.5) is 5.69 Å². The van der Waals surface area contributed by atoms with Crippen LogP contribution in [0.1, 0.15) is 10.4 Å². The normalized spacial score (nSPS) is 10.4. The van der Waals surface area contributed by atoms with Crippen LogP contribution < -0.4 is 10.1 Å². The number of methoxy groups -OCH3 is 1. The number of hydrogen-bond donors (Lipinski definition) is 1. The van der Waals surface area contributed by atoms with Crippen molar-refractivity contribution >= 4 is 34.8 Å². The van der Waals surface area contributed by atoms with Crippen molar-refractivity contribution in [3.05, 3.63) is 76.4 Å². The Morgan fingerprint density at radius 1 is 1.08 bits per heavy atom. The molecule has 1 heterocycles. The fourth-order valence-electron chi connectivity index (χ4n) is 2.38. The Kier molecular flexibility index (Phi) is 5.22. The van der Waals surface area contributed by atoms with E-state index in [2.05, 4.69) is 10.3 Å². The van der Waals surface area contributed by atoms with Crippen LogP contribution in [0.25, 0.3) is 11.3 Å². The molecule has 1 N–H and O–H groups in total. The Morgan fingerprint density at radius 3 is 2.64 bits per heavy atom. The van der Waals surface area contributed by atoms with Gasteiger partial charge in [0, 0.05) is 28.0 Å². The van der Waals surface area contributed by atoms with Crippen LogP contribution in [0.15, 0.2) is 60.8 Å². The highest BCUT2D eigenvalue weighted by molar-refractivity contribution is 6.33. The first kappa shape index (κ1) is 17.3. The molecule has 4 nitrogen and oxygen atoms in total. The number of aromatic nitrogens is 1. The molecular weight excluding hydrogens is 359 g/mol. The van der Waals surface area contributed by atoms with E-state index in [1.807, 2.05) is 0 Å². The monoisotopic (exact) mass is 372 g/mol. The average Bonchev–Trinajstić information content (AvgIpc) is 2.61. The number of amides is 1. The third kappa shape index (κ3) is 3.92. The van der Waals surface area contributed by atoms with Gasteiger partial charge >= 0.3 is 0 Å². The van der Waals surface area contributed by atoms with Crippen LogP contribution in [0.2, 0.25) is 10.0 Å². The second kappa shape index (κ2) is 7.55. The lowest BCUT2D eigenvalue weighted by atomic mass is 10.1. The molecule has 0 bridgehead atoms. The minimum Gasteiger partial charge on any atom is -0.496 e. The molecule has 25 heavy (non-hydrogen) atoms. The number of carbonyl (C=O) groups is 1. The van der Waals surface area contributed by atoms with Gasteiger partial charge in [0.1, 0.15) is 5.75 Å². The van der Waals surface area contributed by atoms with Gasteiger partial charge in [-0.25, -0.2) is 0 Å². The Hall–Kier alpha value is -2.56. The third-order valence-electron chi connectivity index (χ3n) is 3.56. The van der Waals surface area contributed by atoms with Gasteiger partial charge in [-0.05, 0) is 48.5 Å². The van der Waals surface area contributed by atoms with E-state index in [1.165, 1.54) is 7.11 Å². The zero-order valence-corrected chi connectivity index (χ0v) is 14.8. The zero-order valence-electron chi connectivity index (χ0n) is 13.3. The molecule has 3 aromatic rings. The summed E-state index contributed by atoms with van der Waals surface area (Å²) in [5.41, 5.74) is 2.39. The molecule has 0 fully saturated rings. The molecular formula is C19H14Cl2N2O2. The zero-order chi connectivity index (χ0) is 17.8. The minimum absolute atomic E-state index is 0.265. The summed E-state index contributed by atoms with van der Waals surface area (Å²) in [5.74, 6) is 0.249. The summed E-state index contributed by atoms with van der Waals surface area (Å²) < 4.78 is 5.42. The fourth-order valence-corrected chi connectivity index (χ4v) is 2.80. The predicted octanol–water partition coefficient (Wildman–Crippen LogP) is 5.32. The molecule has 0 radical (unpaired) electrons. The maximum absolute atomic E-state index is 12.5. The Labute approximate surface area is 155 Å². The fraction of sp³-hybridized carbons (Fsp3) is 0.0526. The summed E-state index contributed by atoms with van der Waals surface area (Å²) in [7, 11) is 1.54. The van der Waals surface area contributed by atoms with E-state index >= 15 is 0 Å². The SMILES string of the molecule is COc1cc(C(=O)Nc2cccc(Cl)c2)ccc1-c1ncccc1Cl. The van der Waals surface area contributed by atoms with Gasteiger partial charge in [0.05, 0.1) is 17.8 Å². The van der Waals surface area contributed by atoms with Gasteiger partial charge in [-0.3, -0.25) is 9.78 Å². The van der Waals surface area contributed by atoms with Crippen molar-refractivity contribution in [2.24, 2.45) is 0 Å². The number of hydrogen-bond acceptors (Lipinski definition) is 3. The summed E-state index contributed by atoms with van der Waals surface area (Å²) in [6.07, 6.45) is 1.65. The first-order valence-electron chi connectivity index (χ1n) is 7.44. The molecule has 0 aliphatic rings. The van der Waals surface area contributed by atoms with Crippen molar-refractivity contribution in [1.82, 2.24) is 4.98 Å². The largest absolute Gasteiger partial charge is 0.496 e. The topological polar surface area (TPSA) is 51.2 Å². The van der Waals surface area contributed by atoms with Gasteiger partial charge in [0.25, 0.3) is 5.91 Å². The van der Waals surface area contributed by atoms with Crippen LogP contribution in [0, 0.1) is 0 Å². The predicted molar refractivity (Wildman–Crippen MR) is 101 cm³/mol. The smallest absolute Gasteiger partial charge is 0.255 e. The molecule has 0 spiro atoms. The summed E-state index contributed by atoms with van der Waals surface area (Å²) >= 11 is 12.1. The molecule has 6 heteroatoms. The van der Waals surface area contributed by atoms with E-state index in [0.717, 1.165) is 0 Å². The van der Waals surface area contributed by atoms with Crippen molar-refractivity contribution in [2.45, 2.75) is 0 Å². The number of rotatable bonds is 4. The van der Waals surface area contributed by atoms with Crippen LogP contribution in [0.3, 0.4) is 0 Å². The van der Waals surface area contributed by atoms with Crippen LogP contribution >= 0.6 is 23.2 Å². The number of halogens is 2. The number of benzene rings is 2. The molecule has 1 amide bonds. The summed E-state index contributed by atoms with van der Waals surface area (Å²) in [5, 5.41) is 3.86. The average molecular weight is 373 g/mol. The van der Waals surface area contributed by atoms with Gasteiger partial charge in [-0.1, -0.05) is 29.3 Å². The molecule has 2 aromatic carbocycles. The maximum atomic E-state index is 12.5. The van der Waals surface area contributed by atoms with Gasteiger partial charge in [-0.2, -0.15) is 0 Å². The number of ether oxygens (including phenoxy) is 1. The summed E-state index contributed by atoms with van der Waals surface area (Å²) in [4.78, 5) is 16.7. The van der Waals surface area contributed by atoms with Crippen molar-refractivity contribution in [1.29, 1.82) is 0 Å². The second-order valence-corrected chi connectivity index (χ2v) is 6.06. The van der Waals surface area contributed by atoms with Crippen molar-refractivity contribution in [2.75, 3.05) is 12.4 Å². The standard InChI is InChI=1S/C19H14Cl2N2O2/c1-25-17-10-12(19(24)23-14-5-2-4-13(20)11-14)7-8-15(17)18-16(21)6-3-9-22-18/h2-11H,1H3,(H,23,24). The first-order chi connectivity index (χ1) is 12.1. The van der Waals surface area contributed by atoms with Crippen LogP contribution in [-0.2, 0) is 0 Å². The molecule has 0 unspecified atom stereocenters. The minimum atomic E-state index is -0.265. The highest BCUT2D eigenvalue weighted by Crippen LogP contribution is 2.33. The first-order valence-corrected chi connectivity index (χ1v) is 8.20. The highest BCUT2D eigenvalue weighted by atomic mass is 35.5. The maximum Gasteiger partial charge on any atom is 0.255 e. The molecule has 3 rings (SSSR count). The summed E-state index contributed by atoms with van der Waals surface area (Å²) in [6, 6.07) is 15.6. The number of pyridine rings is 1. The molecule has 0 aliphatic heterocycles. The van der Waals surface area contributed by atoms with E-state index in [0.29, 0.717) is 38.3 Å². The molecule has 0 saturated carbocycles. The Morgan fingerprint density at radius 2 is 1.92 bits per heavy atom. The van der Waals surface area contributed by atoms with E-state index in [4.69, 9.17) is 27.9 Å². The van der Waals surface area contributed by atoms with Crippen molar-refractivity contribution < 1.29 is 9.53 Å². The number of anilines is 1. The molecule has 1 aromatic heterocycles. The second-order valence-electron chi connectivity index (χ2n) is 5.21. The number of carbonyl (C=O) groups excluding carboxylic acids is 1. The van der Waals surface area contributed by atoms with Gasteiger partial charge in [0.15, 0.2) is 0 Å². The van der Waals surface area contributed by atoms with Crippen molar-refractivity contribution in [3.63, 3.8) is 0 Å². The molecule has 126 valence electrons. The van der Waals surface area contributed by atoms with E-state index in [1.54, 1.807) is 60.8 Å². The van der Waals surface area contributed by atoms with Gasteiger partial charge in [0.2, 0.25) is 0 Å². The Balaban J connectivity index is 1.91. The molecule has 0 saturated heterocycles. The summed E-state index contributed by atoms with van der Waals surface area (Å²) in [6.45, 7) is 0. The van der Waals surface area contributed by atoms with E-state index in [-0.39, 0.29) is 5.91 Å². The number of nitrogens with one attached hydrogen (secondary N) is 1. The van der Waals surface area contributed by atoms with Crippen LogP contribution in [0.5, 0.6) is 5.75 Å². The van der Waals surface area contributed by atoms with Gasteiger partial charge in [-0.15, -0.1) is 0 Å².